The Morgan fingerprint density at radius 3 is 2.55 bits per heavy atom. The predicted molar refractivity (Wildman–Crippen MR) is 88.7 cm³/mol. The van der Waals surface area contributed by atoms with Crippen LogP contribution >= 0.6 is 11.3 Å². The van der Waals surface area contributed by atoms with Gasteiger partial charge >= 0.3 is 6.03 Å². The Hall–Kier alpha value is -1.95. The minimum Gasteiger partial charge on any atom is -0.330 e. The summed E-state index contributed by atoms with van der Waals surface area (Å²) < 4.78 is 0. The normalized spacial score (nSPS) is 13.7. The van der Waals surface area contributed by atoms with Gasteiger partial charge in [0, 0.05) is 17.8 Å². The Morgan fingerprint density at radius 2 is 1.95 bits per heavy atom. The molecular formula is C16H22N4OS. The van der Waals surface area contributed by atoms with E-state index in [1.165, 1.54) is 11.3 Å². The molecule has 0 fully saturated rings. The summed E-state index contributed by atoms with van der Waals surface area (Å²) in [5.41, 5.74) is 1.99. The molecule has 118 valence electrons. The van der Waals surface area contributed by atoms with E-state index in [0.717, 1.165) is 16.3 Å². The van der Waals surface area contributed by atoms with Crippen LogP contribution in [0.2, 0.25) is 0 Å². The van der Waals surface area contributed by atoms with Gasteiger partial charge in [-0.25, -0.2) is 9.78 Å². The summed E-state index contributed by atoms with van der Waals surface area (Å²) in [6, 6.07) is 3.48. The summed E-state index contributed by atoms with van der Waals surface area (Å²) in [6.07, 6.45) is 3.50. The number of hydrogen-bond donors (Lipinski definition) is 2. The minimum absolute atomic E-state index is 0.113. The van der Waals surface area contributed by atoms with Crippen molar-refractivity contribution in [3.05, 3.63) is 46.2 Å². The first-order chi connectivity index (χ1) is 10.5. The van der Waals surface area contributed by atoms with Gasteiger partial charge in [-0.3, -0.25) is 4.98 Å². The highest BCUT2D eigenvalue weighted by atomic mass is 32.1. The maximum absolute atomic E-state index is 12.3. The van der Waals surface area contributed by atoms with Gasteiger partial charge in [0.25, 0.3) is 0 Å². The van der Waals surface area contributed by atoms with Gasteiger partial charge in [-0.15, -0.1) is 11.3 Å². The summed E-state index contributed by atoms with van der Waals surface area (Å²) in [5, 5.41) is 8.75. The standard InChI is InChI=1S/C16H22N4OS/c1-10(2)13(14-11(3)6-5-7-17-14)20-16(21)19-12(4)15-18-8-9-22-15/h5-10,12-13H,1-4H3,(H2,19,20,21)/t12-,13-/m0/s1. The average molecular weight is 318 g/mol. The van der Waals surface area contributed by atoms with Crippen LogP contribution in [0.4, 0.5) is 4.79 Å². The lowest BCUT2D eigenvalue weighted by molar-refractivity contribution is 0.229. The second-order valence-electron chi connectivity index (χ2n) is 5.64. The molecule has 2 amide bonds. The van der Waals surface area contributed by atoms with E-state index < -0.39 is 0 Å². The smallest absolute Gasteiger partial charge is 0.315 e. The first-order valence-electron chi connectivity index (χ1n) is 7.37. The summed E-state index contributed by atoms with van der Waals surface area (Å²) >= 11 is 1.53. The van der Waals surface area contributed by atoms with Crippen molar-refractivity contribution in [2.45, 2.75) is 39.8 Å². The van der Waals surface area contributed by atoms with Crippen molar-refractivity contribution in [2.75, 3.05) is 0 Å². The van der Waals surface area contributed by atoms with Gasteiger partial charge in [0.2, 0.25) is 0 Å². The molecule has 2 aromatic rings. The molecule has 0 aromatic carbocycles. The van der Waals surface area contributed by atoms with Crippen LogP contribution in [0, 0.1) is 12.8 Å². The number of nitrogens with zero attached hydrogens (tertiary/aromatic N) is 2. The summed E-state index contributed by atoms with van der Waals surface area (Å²) in [5.74, 6) is 0.245. The lowest BCUT2D eigenvalue weighted by Crippen LogP contribution is -2.41. The quantitative estimate of drug-likeness (QED) is 0.885. The highest BCUT2D eigenvalue weighted by Gasteiger charge is 2.22. The topological polar surface area (TPSA) is 66.9 Å². The molecule has 2 aromatic heterocycles. The number of nitrogens with one attached hydrogen (secondary N) is 2. The Bertz CT molecular complexity index is 612. The van der Waals surface area contributed by atoms with Crippen molar-refractivity contribution in [3.8, 4) is 0 Å². The summed E-state index contributed by atoms with van der Waals surface area (Å²) in [6.45, 7) is 8.08. The van der Waals surface area contributed by atoms with Crippen molar-refractivity contribution in [2.24, 2.45) is 5.92 Å². The summed E-state index contributed by atoms with van der Waals surface area (Å²) in [7, 11) is 0. The third-order valence-corrected chi connectivity index (χ3v) is 4.43. The largest absolute Gasteiger partial charge is 0.330 e. The van der Waals surface area contributed by atoms with Gasteiger partial charge in [0.1, 0.15) is 5.01 Å². The minimum atomic E-state index is -0.202. The zero-order valence-electron chi connectivity index (χ0n) is 13.3. The molecule has 0 saturated carbocycles. The van der Waals surface area contributed by atoms with E-state index in [-0.39, 0.29) is 24.0 Å². The predicted octanol–water partition coefficient (Wildman–Crippen LogP) is 3.60. The van der Waals surface area contributed by atoms with E-state index in [1.54, 1.807) is 12.4 Å². The molecule has 0 radical (unpaired) electrons. The molecule has 0 aliphatic heterocycles. The zero-order chi connectivity index (χ0) is 16.1. The van der Waals surface area contributed by atoms with Crippen molar-refractivity contribution < 1.29 is 4.79 Å². The first kappa shape index (κ1) is 16.4. The Balaban J connectivity index is 2.05. The lowest BCUT2D eigenvalue weighted by atomic mass is 9.97. The summed E-state index contributed by atoms with van der Waals surface area (Å²) in [4.78, 5) is 20.9. The van der Waals surface area contributed by atoms with Crippen LogP contribution in [0.3, 0.4) is 0 Å². The number of urea groups is 1. The molecule has 2 heterocycles. The Kier molecular flexibility index (Phi) is 5.49. The fraction of sp³-hybridized carbons (Fsp3) is 0.438. The second kappa shape index (κ2) is 7.35. The molecule has 2 rings (SSSR count). The number of aryl methyl sites for hydroxylation is 1. The van der Waals surface area contributed by atoms with Gasteiger partial charge in [0.15, 0.2) is 0 Å². The number of thiazole rings is 1. The lowest BCUT2D eigenvalue weighted by Gasteiger charge is -2.24. The second-order valence-corrected chi connectivity index (χ2v) is 6.56. The van der Waals surface area contributed by atoms with E-state index in [9.17, 15) is 4.79 Å². The van der Waals surface area contributed by atoms with E-state index in [1.807, 2.05) is 31.4 Å². The Morgan fingerprint density at radius 1 is 1.18 bits per heavy atom. The number of hydrogen-bond acceptors (Lipinski definition) is 4. The van der Waals surface area contributed by atoms with Gasteiger partial charge in [-0.1, -0.05) is 19.9 Å². The zero-order valence-corrected chi connectivity index (χ0v) is 14.1. The fourth-order valence-corrected chi connectivity index (χ4v) is 2.91. The highest BCUT2D eigenvalue weighted by Crippen LogP contribution is 2.22. The van der Waals surface area contributed by atoms with Crippen LogP contribution in [-0.4, -0.2) is 16.0 Å². The number of pyridine rings is 1. The van der Waals surface area contributed by atoms with Gasteiger partial charge in [-0.05, 0) is 31.4 Å². The third-order valence-electron chi connectivity index (χ3n) is 3.47. The SMILES string of the molecule is Cc1cccnc1[C@@H](NC(=O)N[C@@H](C)c1nccs1)C(C)C. The molecule has 2 N–H and O–H groups in total. The number of amides is 2. The van der Waals surface area contributed by atoms with E-state index in [2.05, 4.69) is 34.4 Å². The molecule has 0 aliphatic carbocycles. The van der Waals surface area contributed by atoms with Crippen LogP contribution in [0.15, 0.2) is 29.9 Å². The molecule has 6 heteroatoms. The number of carbonyl (C=O) groups excluding carboxylic acids is 1. The van der Waals surface area contributed by atoms with Crippen LogP contribution in [0.1, 0.15) is 49.1 Å². The van der Waals surface area contributed by atoms with Crippen LogP contribution in [0.5, 0.6) is 0 Å². The van der Waals surface area contributed by atoms with Crippen molar-refractivity contribution in [1.82, 2.24) is 20.6 Å². The molecule has 5 nitrogen and oxygen atoms in total. The molecule has 0 saturated heterocycles. The molecule has 0 spiro atoms. The van der Waals surface area contributed by atoms with E-state index in [4.69, 9.17) is 0 Å². The van der Waals surface area contributed by atoms with Crippen LogP contribution in [0.25, 0.3) is 0 Å². The van der Waals surface area contributed by atoms with E-state index in [0.29, 0.717) is 0 Å². The number of rotatable bonds is 5. The maximum atomic E-state index is 12.3. The van der Waals surface area contributed by atoms with Gasteiger partial charge in [0.05, 0.1) is 17.8 Å². The fourth-order valence-electron chi connectivity index (χ4n) is 2.26. The molecule has 2 atom stereocenters. The van der Waals surface area contributed by atoms with E-state index >= 15 is 0 Å². The maximum Gasteiger partial charge on any atom is 0.315 e. The van der Waals surface area contributed by atoms with Gasteiger partial charge in [-0.2, -0.15) is 0 Å². The van der Waals surface area contributed by atoms with Crippen LogP contribution in [-0.2, 0) is 0 Å². The number of aromatic nitrogens is 2. The first-order valence-corrected chi connectivity index (χ1v) is 8.25. The van der Waals surface area contributed by atoms with Crippen LogP contribution < -0.4 is 10.6 Å². The molecule has 0 bridgehead atoms. The highest BCUT2D eigenvalue weighted by molar-refractivity contribution is 7.09. The van der Waals surface area contributed by atoms with Gasteiger partial charge < -0.3 is 10.6 Å². The molecule has 0 aliphatic rings. The molecule has 0 unspecified atom stereocenters. The van der Waals surface area contributed by atoms with Crippen molar-refractivity contribution >= 4 is 17.4 Å². The number of carbonyl (C=O) groups is 1. The monoisotopic (exact) mass is 318 g/mol. The molecular weight excluding hydrogens is 296 g/mol. The third kappa shape index (κ3) is 4.04. The average Bonchev–Trinajstić information content (AvgIpc) is 2.99. The molecule has 22 heavy (non-hydrogen) atoms. The Labute approximate surface area is 135 Å². The van der Waals surface area contributed by atoms with Crippen molar-refractivity contribution in [1.29, 1.82) is 0 Å². The van der Waals surface area contributed by atoms with Crippen molar-refractivity contribution in [3.63, 3.8) is 0 Å².